The molecule has 1 heterocycles. The summed E-state index contributed by atoms with van der Waals surface area (Å²) in [6.07, 6.45) is 2.02. The lowest BCUT2D eigenvalue weighted by Gasteiger charge is -2.08. The molecule has 0 atom stereocenters. The van der Waals surface area contributed by atoms with Crippen molar-refractivity contribution in [1.82, 2.24) is 9.97 Å². The number of benzene rings is 2. The molecule has 5 heteroatoms. The molecule has 0 bridgehead atoms. The summed E-state index contributed by atoms with van der Waals surface area (Å²) in [7, 11) is 0. The molecule has 1 aliphatic rings. The predicted octanol–water partition coefficient (Wildman–Crippen LogP) is 3.66. The summed E-state index contributed by atoms with van der Waals surface area (Å²) in [6, 6.07) is 15.4. The first-order chi connectivity index (χ1) is 11.2. The van der Waals surface area contributed by atoms with Gasteiger partial charge >= 0.3 is 0 Å². The summed E-state index contributed by atoms with van der Waals surface area (Å²) >= 11 is 1.67. The summed E-state index contributed by atoms with van der Waals surface area (Å²) in [5.74, 6) is 0.136. The molecule has 0 aliphatic heterocycles. The number of nitrogens with two attached hydrogens (primary N) is 1. The summed E-state index contributed by atoms with van der Waals surface area (Å²) in [6.45, 7) is 0. The SMILES string of the molecule is CSc1ccc(-c2nc(N)nc3c2C(=O)c2ccccc2-3)cc1. The van der Waals surface area contributed by atoms with Crippen LogP contribution < -0.4 is 5.73 Å². The number of carbonyl (C=O) groups excluding carboxylic acids is 1. The van der Waals surface area contributed by atoms with E-state index in [0.29, 0.717) is 22.5 Å². The van der Waals surface area contributed by atoms with E-state index in [9.17, 15) is 4.79 Å². The Labute approximate surface area is 137 Å². The van der Waals surface area contributed by atoms with Gasteiger partial charge in [0.2, 0.25) is 5.95 Å². The van der Waals surface area contributed by atoms with Crippen LogP contribution >= 0.6 is 11.8 Å². The lowest BCUT2D eigenvalue weighted by molar-refractivity contribution is 0.104. The van der Waals surface area contributed by atoms with Gasteiger partial charge in [-0.1, -0.05) is 36.4 Å². The van der Waals surface area contributed by atoms with Crippen LogP contribution in [0.2, 0.25) is 0 Å². The first kappa shape index (κ1) is 14.0. The van der Waals surface area contributed by atoms with E-state index in [1.807, 2.05) is 54.8 Å². The molecule has 0 saturated heterocycles. The lowest BCUT2D eigenvalue weighted by atomic mass is 10.0. The van der Waals surface area contributed by atoms with Crippen molar-refractivity contribution in [3.8, 4) is 22.5 Å². The Bertz CT molecular complexity index is 935. The Morgan fingerprint density at radius 1 is 0.913 bits per heavy atom. The zero-order valence-corrected chi connectivity index (χ0v) is 13.2. The molecule has 4 nitrogen and oxygen atoms in total. The van der Waals surface area contributed by atoms with Crippen molar-refractivity contribution in [3.05, 3.63) is 59.7 Å². The van der Waals surface area contributed by atoms with E-state index in [1.54, 1.807) is 11.8 Å². The summed E-state index contributed by atoms with van der Waals surface area (Å²) in [5, 5.41) is 0. The first-order valence-corrected chi connectivity index (χ1v) is 8.37. The van der Waals surface area contributed by atoms with Crippen molar-refractivity contribution in [2.24, 2.45) is 0 Å². The minimum atomic E-state index is -0.0421. The lowest BCUT2D eigenvalue weighted by Crippen LogP contribution is -2.05. The Kier molecular flexibility index (Phi) is 3.16. The highest BCUT2D eigenvalue weighted by atomic mass is 32.2. The minimum Gasteiger partial charge on any atom is -0.368 e. The molecule has 0 fully saturated rings. The number of ketones is 1. The van der Waals surface area contributed by atoms with Crippen molar-refractivity contribution in [2.75, 3.05) is 12.0 Å². The smallest absolute Gasteiger partial charge is 0.221 e. The number of rotatable bonds is 2. The highest BCUT2D eigenvalue weighted by Gasteiger charge is 2.32. The average molecular weight is 319 g/mol. The maximum atomic E-state index is 12.8. The molecule has 0 unspecified atom stereocenters. The molecule has 3 aromatic rings. The van der Waals surface area contributed by atoms with Gasteiger partial charge in [-0.05, 0) is 18.4 Å². The number of nitrogen functional groups attached to an aromatic ring is 1. The van der Waals surface area contributed by atoms with Crippen molar-refractivity contribution >= 4 is 23.5 Å². The van der Waals surface area contributed by atoms with Crippen LogP contribution in [0.1, 0.15) is 15.9 Å². The fourth-order valence-corrected chi connectivity index (χ4v) is 3.28. The van der Waals surface area contributed by atoms with E-state index < -0.39 is 0 Å². The van der Waals surface area contributed by atoms with Gasteiger partial charge in [0, 0.05) is 21.6 Å². The number of hydrogen-bond donors (Lipinski definition) is 1. The largest absolute Gasteiger partial charge is 0.368 e. The highest BCUT2D eigenvalue weighted by Crippen LogP contribution is 2.40. The topological polar surface area (TPSA) is 68.9 Å². The quantitative estimate of drug-likeness (QED) is 0.571. The minimum absolute atomic E-state index is 0.0421. The molecule has 1 aromatic heterocycles. The van der Waals surface area contributed by atoms with E-state index in [4.69, 9.17) is 5.73 Å². The molecule has 112 valence electrons. The van der Waals surface area contributed by atoms with Crippen molar-refractivity contribution in [3.63, 3.8) is 0 Å². The van der Waals surface area contributed by atoms with E-state index in [0.717, 1.165) is 16.0 Å². The molecule has 4 rings (SSSR count). The average Bonchev–Trinajstić information content (AvgIpc) is 2.87. The number of anilines is 1. The highest BCUT2D eigenvalue weighted by molar-refractivity contribution is 7.98. The molecule has 0 saturated carbocycles. The van der Waals surface area contributed by atoms with Crippen LogP contribution in [-0.4, -0.2) is 22.0 Å². The fourth-order valence-electron chi connectivity index (χ4n) is 2.87. The van der Waals surface area contributed by atoms with Gasteiger partial charge in [-0.25, -0.2) is 9.97 Å². The number of thioether (sulfide) groups is 1. The van der Waals surface area contributed by atoms with Crippen LogP contribution in [0.5, 0.6) is 0 Å². The number of fused-ring (bicyclic) bond motifs is 3. The predicted molar refractivity (Wildman–Crippen MR) is 92.5 cm³/mol. The van der Waals surface area contributed by atoms with Crippen molar-refractivity contribution in [2.45, 2.75) is 4.90 Å². The Morgan fingerprint density at radius 2 is 1.57 bits per heavy atom. The van der Waals surface area contributed by atoms with Gasteiger partial charge in [-0.2, -0.15) is 0 Å². The van der Waals surface area contributed by atoms with Gasteiger partial charge in [-0.15, -0.1) is 11.8 Å². The molecule has 0 spiro atoms. The molecule has 0 amide bonds. The second-order valence-corrected chi connectivity index (χ2v) is 6.14. The third-order valence-corrected chi connectivity index (χ3v) is 4.69. The number of nitrogens with zero attached hydrogens (tertiary/aromatic N) is 2. The van der Waals surface area contributed by atoms with Crippen LogP contribution in [0, 0.1) is 0 Å². The number of carbonyl (C=O) groups is 1. The molecule has 1 aliphatic carbocycles. The molecular formula is C18H13N3OS. The monoisotopic (exact) mass is 319 g/mol. The van der Waals surface area contributed by atoms with E-state index in [1.165, 1.54) is 0 Å². The zero-order chi connectivity index (χ0) is 16.0. The standard InChI is InChI=1S/C18H13N3OS/c1-23-11-8-6-10(7-9-11)15-14-16(21-18(19)20-15)12-4-2-3-5-13(12)17(14)22/h2-9H,1H3,(H2,19,20,21). The van der Waals surface area contributed by atoms with Crippen LogP contribution in [0.3, 0.4) is 0 Å². The molecule has 2 aromatic carbocycles. The summed E-state index contributed by atoms with van der Waals surface area (Å²) < 4.78 is 0. The summed E-state index contributed by atoms with van der Waals surface area (Å²) in [5.41, 5.74) is 10.0. The second kappa shape index (κ2) is 5.21. The van der Waals surface area contributed by atoms with Gasteiger partial charge in [0.05, 0.1) is 17.0 Å². The fraction of sp³-hybridized carbons (Fsp3) is 0.0556. The first-order valence-electron chi connectivity index (χ1n) is 7.15. The van der Waals surface area contributed by atoms with Crippen molar-refractivity contribution < 1.29 is 4.79 Å². The van der Waals surface area contributed by atoms with Crippen LogP contribution in [0.4, 0.5) is 5.95 Å². The number of aromatic nitrogens is 2. The van der Waals surface area contributed by atoms with Gasteiger partial charge in [0.1, 0.15) is 0 Å². The molecule has 0 radical (unpaired) electrons. The molecule has 2 N–H and O–H groups in total. The zero-order valence-electron chi connectivity index (χ0n) is 12.4. The maximum Gasteiger partial charge on any atom is 0.221 e. The van der Waals surface area contributed by atoms with Crippen LogP contribution in [0.15, 0.2) is 53.4 Å². The van der Waals surface area contributed by atoms with Gasteiger partial charge < -0.3 is 5.73 Å². The third kappa shape index (κ3) is 2.12. The Morgan fingerprint density at radius 3 is 2.26 bits per heavy atom. The van der Waals surface area contributed by atoms with Gasteiger partial charge in [0.25, 0.3) is 0 Å². The normalized spacial score (nSPS) is 12.1. The van der Waals surface area contributed by atoms with E-state index in [2.05, 4.69) is 9.97 Å². The number of hydrogen-bond acceptors (Lipinski definition) is 5. The Balaban J connectivity index is 1.97. The van der Waals surface area contributed by atoms with Gasteiger partial charge in [0.15, 0.2) is 5.78 Å². The Hall–Kier alpha value is -2.66. The van der Waals surface area contributed by atoms with E-state index >= 15 is 0 Å². The van der Waals surface area contributed by atoms with E-state index in [-0.39, 0.29) is 11.7 Å². The molecule has 23 heavy (non-hydrogen) atoms. The van der Waals surface area contributed by atoms with Crippen molar-refractivity contribution in [1.29, 1.82) is 0 Å². The van der Waals surface area contributed by atoms with Crippen LogP contribution in [-0.2, 0) is 0 Å². The molecular weight excluding hydrogens is 306 g/mol. The van der Waals surface area contributed by atoms with Gasteiger partial charge in [-0.3, -0.25) is 4.79 Å². The van der Waals surface area contributed by atoms with Crippen LogP contribution in [0.25, 0.3) is 22.5 Å². The summed E-state index contributed by atoms with van der Waals surface area (Å²) in [4.78, 5) is 22.6. The third-order valence-electron chi connectivity index (χ3n) is 3.94. The second-order valence-electron chi connectivity index (χ2n) is 5.26. The maximum absolute atomic E-state index is 12.8.